The molecule has 0 aromatic heterocycles. The number of allylic oxidation sites excluding steroid dienone is 2. The highest BCUT2D eigenvalue weighted by Crippen LogP contribution is 2.70. The summed E-state index contributed by atoms with van der Waals surface area (Å²) in [6.45, 7) is 14.6. The van der Waals surface area contributed by atoms with E-state index in [0.29, 0.717) is 78.7 Å². The van der Waals surface area contributed by atoms with E-state index >= 15 is 0 Å². The number of hydrogen-bond acceptors (Lipinski definition) is 4. The van der Waals surface area contributed by atoms with Crippen LogP contribution in [-0.2, 0) is 19.2 Å². The van der Waals surface area contributed by atoms with Crippen LogP contribution in [0.2, 0.25) is 0 Å². The predicted octanol–water partition coefficient (Wildman–Crippen LogP) is 8.04. The summed E-state index contributed by atoms with van der Waals surface area (Å²) in [7, 11) is 0. The standard InChI is InChI=1S/C41H61NO5/c1-22(2)36-33(44)19-41(20-35(45)42-21-24-7-8-24)16-14-26-27-10-12-34-39(4,5)25(17-32(43)29-18-30(23(29)3)38(46)47)13-15-40(34,6)31(27)11-9-28(26)37(36)41/h22-31,34H,7-21H2,1-6H3,(H,42,45)(H,46,47). The zero-order chi connectivity index (χ0) is 33.6. The minimum Gasteiger partial charge on any atom is -0.481 e. The fourth-order valence-electron chi connectivity index (χ4n) is 13.4. The van der Waals surface area contributed by atoms with Gasteiger partial charge in [-0.25, -0.2) is 0 Å². The summed E-state index contributed by atoms with van der Waals surface area (Å²) in [5.74, 6) is 3.72. The lowest BCUT2D eigenvalue weighted by atomic mass is 9.39. The van der Waals surface area contributed by atoms with Gasteiger partial charge < -0.3 is 10.4 Å². The summed E-state index contributed by atoms with van der Waals surface area (Å²) in [6.07, 6.45) is 13.8. The Morgan fingerprint density at radius 2 is 1.66 bits per heavy atom. The summed E-state index contributed by atoms with van der Waals surface area (Å²) < 4.78 is 0. The second kappa shape index (κ2) is 11.8. The molecule has 0 aromatic carbocycles. The van der Waals surface area contributed by atoms with Crippen molar-refractivity contribution in [2.24, 2.45) is 81.3 Å². The molecule has 0 saturated heterocycles. The van der Waals surface area contributed by atoms with E-state index in [2.05, 4.69) is 39.9 Å². The Morgan fingerprint density at radius 3 is 2.32 bits per heavy atom. The zero-order valence-corrected chi connectivity index (χ0v) is 30.0. The first-order valence-electron chi connectivity index (χ1n) is 19.5. The summed E-state index contributed by atoms with van der Waals surface area (Å²) in [6, 6.07) is 0. The van der Waals surface area contributed by atoms with Crippen molar-refractivity contribution >= 4 is 23.4 Å². The Labute approximate surface area is 283 Å². The molecule has 6 fully saturated rings. The van der Waals surface area contributed by atoms with Gasteiger partial charge in [0.05, 0.1) is 5.92 Å². The normalized spacial score (nSPS) is 43.7. The van der Waals surface area contributed by atoms with E-state index < -0.39 is 5.97 Å². The Bertz CT molecular complexity index is 1360. The van der Waals surface area contributed by atoms with E-state index in [1.54, 1.807) is 0 Å². The molecular weight excluding hydrogens is 586 g/mol. The van der Waals surface area contributed by atoms with E-state index in [-0.39, 0.29) is 45.8 Å². The number of Topliss-reactive ketones (excluding diaryl/α,β-unsaturated/α-hetero) is 2. The van der Waals surface area contributed by atoms with E-state index in [4.69, 9.17) is 0 Å². The third-order valence-electron chi connectivity index (χ3n) is 16.1. The van der Waals surface area contributed by atoms with E-state index in [0.717, 1.165) is 37.8 Å². The minimum absolute atomic E-state index is 0.0459. The van der Waals surface area contributed by atoms with Crippen LogP contribution >= 0.6 is 0 Å². The van der Waals surface area contributed by atoms with Gasteiger partial charge in [-0.1, -0.05) is 47.1 Å². The molecule has 0 heterocycles. The average Bonchev–Trinajstić information content (AvgIpc) is 3.77. The summed E-state index contributed by atoms with van der Waals surface area (Å²) in [5.41, 5.74) is 2.56. The van der Waals surface area contributed by atoms with Crippen molar-refractivity contribution in [1.82, 2.24) is 5.32 Å². The number of carboxylic acids is 1. The molecule has 2 N–H and O–H groups in total. The number of amides is 1. The van der Waals surface area contributed by atoms with Gasteiger partial charge in [-0.2, -0.15) is 0 Å². The third kappa shape index (κ3) is 5.40. The van der Waals surface area contributed by atoms with Gasteiger partial charge in [-0.3, -0.25) is 19.2 Å². The van der Waals surface area contributed by atoms with Gasteiger partial charge in [-0.15, -0.1) is 0 Å². The molecule has 0 aliphatic heterocycles. The largest absolute Gasteiger partial charge is 0.481 e. The number of nitrogens with one attached hydrogen (secondary N) is 1. The molecule has 47 heavy (non-hydrogen) atoms. The number of ketones is 2. The number of carbonyl (C=O) groups excluding carboxylic acids is 3. The van der Waals surface area contributed by atoms with Crippen LogP contribution < -0.4 is 5.32 Å². The van der Waals surface area contributed by atoms with Gasteiger partial charge in [0, 0.05) is 37.1 Å². The third-order valence-corrected chi connectivity index (χ3v) is 16.1. The number of carboxylic acid groups (broad SMARTS) is 1. The first-order valence-corrected chi connectivity index (χ1v) is 19.5. The highest BCUT2D eigenvalue weighted by atomic mass is 16.4. The average molecular weight is 648 g/mol. The molecule has 6 nitrogen and oxygen atoms in total. The summed E-state index contributed by atoms with van der Waals surface area (Å²) in [5, 5.41) is 12.7. The second-order valence-electron chi connectivity index (χ2n) is 19.0. The van der Waals surface area contributed by atoms with Gasteiger partial charge in [0.2, 0.25) is 5.91 Å². The van der Waals surface area contributed by atoms with Crippen LogP contribution in [-0.4, -0.2) is 35.1 Å². The molecule has 6 saturated carbocycles. The molecule has 0 spiro atoms. The van der Waals surface area contributed by atoms with Crippen molar-refractivity contribution in [1.29, 1.82) is 0 Å². The van der Waals surface area contributed by atoms with Crippen LogP contribution in [0.4, 0.5) is 0 Å². The molecule has 6 heteroatoms. The quantitative estimate of drug-likeness (QED) is 0.264. The van der Waals surface area contributed by atoms with Crippen LogP contribution in [0.25, 0.3) is 0 Å². The molecule has 0 radical (unpaired) electrons. The van der Waals surface area contributed by atoms with Gasteiger partial charge in [0.25, 0.3) is 0 Å². The van der Waals surface area contributed by atoms with Crippen molar-refractivity contribution in [2.45, 2.75) is 131 Å². The van der Waals surface area contributed by atoms with E-state index in [9.17, 15) is 24.3 Å². The van der Waals surface area contributed by atoms with Crippen molar-refractivity contribution in [3.05, 3.63) is 11.1 Å². The second-order valence-corrected chi connectivity index (χ2v) is 19.0. The molecule has 7 aliphatic carbocycles. The predicted molar refractivity (Wildman–Crippen MR) is 182 cm³/mol. The Morgan fingerprint density at radius 1 is 0.915 bits per heavy atom. The maximum atomic E-state index is 13.7. The number of hydrogen-bond donors (Lipinski definition) is 2. The van der Waals surface area contributed by atoms with Gasteiger partial charge in [0.1, 0.15) is 5.78 Å². The van der Waals surface area contributed by atoms with E-state index in [1.807, 2.05) is 6.92 Å². The van der Waals surface area contributed by atoms with Crippen LogP contribution in [0.3, 0.4) is 0 Å². The maximum absolute atomic E-state index is 13.7. The monoisotopic (exact) mass is 647 g/mol. The molecule has 0 aromatic rings. The van der Waals surface area contributed by atoms with Crippen LogP contribution in [0.1, 0.15) is 131 Å². The van der Waals surface area contributed by atoms with Crippen molar-refractivity contribution in [3.63, 3.8) is 0 Å². The lowest BCUT2D eigenvalue weighted by molar-refractivity contribution is -0.163. The minimum atomic E-state index is -0.754. The molecular formula is C41H61NO5. The highest BCUT2D eigenvalue weighted by molar-refractivity contribution is 6.01. The molecule has 260 valence electrons. The SMILES string of the molecule is CC(C)C1=C2C3CCC4C(CCC5C(C)(C)C(CC(=O)C6CC(C(=O)O)C6C)CCC45C)C3CCC2(CC(=O)NCC2CC2)CC1=O. The summed E-state index contributed by atoms with van der Waals surface area (Å²) >= 11 is 0. The molecule has 0 bridgehead atoms. The van der Waals surface area contributed by atoms with Crippen LogP contribution in [0.5, 0.6) is 0 Å². The molecule has 11 unspecified atom stereocenters. The van der Waals surface area contributed by atoms with Crippen molar-refractivity contribution in [2.75, 3.05) is 6.54 Å². The lowest BCUT2D eigenvalue weighted by Gasteiger charge is -2.65. The maximum Gasteiger partial charge on any atom is 0.306 e. The first kappa shape index (κ1) is 33.5. The van der Waals surface area contributed by atoms with Crippen LogP contribution in [0, 0.1) is 81.3 Å². The van der Waals surface area contributed by atoms with Gasteiger partial charge in [0.15, 0.2) is 5.78 Å². The molecule has 7 rings (SSSR count). The number of rotatable bonds is 9. The Balaban J connectivity index is 1.08. The number of fused-ring (bicyclic) bond motifs is 7. The Hall–Kier alpha value is -1.98. The number of aliphatic carboxylic acids is 1. The zero-order valence-electron chi connectivity index (χ0n) is 30.0. The van der Waals surface area contributed by atoms with Crippen molar-refractivity contribution < 1.29 is 24.3 Å². The smallest absolute Gasteiger partial charge is 0.306 e. The molecule has 7 aliphatic rings. The van der Waals surface area contributed by atoms with Crippen molar-refractivity contribution in [3.8, 4) is 0 Å². The molecule has 11 atom stereocenters. The first-order chi connectivity index (χ1) is 22.2. The van der Waals surface area contributed by atoms with Crippen LogP contribution in [0.15, 0.2) is 11.1 Å². The fourth-order valence-corrected chi connectivity index (χ4v) is 13.4. The summed E-state index contributed by atoms with van der Waals surface area (Å²) in [4.78, 5) is 52.1. The highest BCUT2D eigenvalue weighted by Gasteiger charge is 2.63. The fraction of sp³-hybridized carbons (Fsp3) is 0.854. The lowest BCUT2D eigenvalue weighted by Crippen LogP contribution is -2.58. The van der Waals surface area contributed by atoms with Gasteiger partial charge >= 0.3 is 5.97 Å². The molecule has 1 amide bonds. The Kier molecular flexibility index (Phi) is 8.43. The van der Waals surface area contributed by atoms with Gasteiger partial charge in [-0.05, 0) is 140 Å². The number of carbonyl (C=O) groups is 4. The topological polar surface area (TPSA) is 101 Å². The van der Waals surface area contributed by atoms with E-state index in [1.165, 1.54) is 44.1 Å².